The van der Waals surface area contributed by atoms with Gasteiger partial charge in [0.25, 0.3) is 0 Å². The maximum absolute atomic E-state index is 12.7. The van der Waals surface area contributed by atoms with E-state index in [1.807, 2.05) is 12.2 Å². The van der Waals surface area contributed by atoms with E-state index in [9.17, 15) is 14.4 Å². The van der Waals surface area contributed by atoms with Crippen molar-refractivity contribution in [1.29, 1.82) is 0 Å². The van der Waals surface area contributed by atoms with Gasteiger partial charge >= 0.3 is 17.9 Å². The Morgan fingerprint density at radius 1 is 0.344 bits per heavy atom. The number of hydrogen-bond acceptors (Lipinski definition) is 6. The molecule has 0 radical (unpaired) electrons. The molecule has 6 heteroatoms. The predicted octanol–water partition coefficient (Wildman–Crippen LogP) is 16.2. The molecule has 0 aromatic rings. The van der Waals surface area contributed by atoms with Gasteiger partial charge in [-0.2, -0.15) is 0 Å². The van der Waals surface area contributed by atoms with Crippen LogP contribution in [0.1, 0.15) is 213 Å². The Bertz CT molecular complexity index is 1250. The van der Waals surface area contributed by atoms with Gasteiger partial charge in [-0.25, -0.2) is 0 Å². The zero-order chi connectivity index (χ0) is 44.4. The maximum atomic E-state index is 12.7. The van der Waals surface area contributed by atoms with E-state index < -0.39 is 6.10 Å². The van der Waals surface area contributed by atoms with Gasteiger partial charge in [0.15, 0.2) is 6.10 Å². The van der Waals surface area contributed by atoms with E-state index in [1.54, 1.807) is 0 Å². The summed E-state index contributed by atoms with van der Waals surface area (Å²) >= 11 is 0. The van der Waals surface area contributed by atoms with Crippen LogP contribution in [0.25, 0.3) is 0 Å². The summed E-state index contributed by atoms with van der Waals surface area (Å²) in [5, 5.41) is 0. The van der Waals surface area contributed by atoms with Crippen molar-refractivity contribution < 1.29 is 28.6 Å². The van der Waals surface area contributed by atoms with Crippen LogP contribution in [0.4, 0.5) is 0 Å². The summed E-state index contributed by atoms with van der Waals surface area (Å²) in [6.45, 7) is 6.32. The van der Waals surface area contributed by atoms with Gasteiger partial charge in [-0.1, -0.05) is 208 Å². The summed E-state index contributed by atoms with van der Waals surface area (Å²) in [5.41, 5.74) is 0. The highest BCUT2D eigenvalue weighted by atomic mass is 16.6. The molecular formula is C55H90O6. The molecule has 346 valence electrons. The SMILES string of the molecule is CC/C=C\C/C=C\C/C=C\C/C=C\C/C=C\C/C=C\CCC(=O)OCC(COC(=O)CCCCCCCCCCCCCC)OC(=O)CCCCCCC/C=C\C/C=C\CC. The molecular weight excluding hydrogens is 757 g/mol. The molecule has 0 rings (SSSR count). The number of carbonyl (C=O) groups is 3. The van der Waals surface area contributed by atoms with Gasteiger partial charge in [-0.3, -0.25) is 14.4 Å². The Hall–Kier alpha value is -3.67. The topological polar surface area (TPSA) is 78.9 Å². The maximum Gasteiger partial charge on any atom is 0.306 e. The fourth-order valence-electron chi connectivity index (χ4n) is 6.45. The number of ether oxygens (including phenoxy) is 3. The fourth-order valence-corrected chi connectivity index (χ4v) is 6.45. The second-order valence-corrected chi connectivity index (χ2v) is 16.0. The molecule has 0 spiro atoms. The molecule has 1 atom stereocenters. The minimum Gasteiger partial charge on any atom is -0.462 e. The van der Waals surface area contributed by atoms with Crippen molar-refractivity contribution in [2.24, 2.45) is 0 Å². The van der Waals surface area contributed by atoms with Crippen molar-refractivity contribution in [3.8, 4) is 0 Å². The van der Waals surface area contributed by atoms with Crippen LogP contribution >= 0.6 is 0 Å². The lowest BCUT2D eigenvalue weighted by Gasteiger charge is -2.18. The summed E-state index contributed by atoms with van der Waals surface area (Å²) in [6, 6.07) is 0. The molecule has 0 aliphatic rings. The van der Waals surface area contributed by atoms with E-state index in [-0.39, 0.29) is 37.5 Å². The number of rotatable bonds is 43. The molecule has 0 fully saturated rings. The highest BCUT2D eigenvalue weighted by Gasteiger charge is 2.19. The lowest BCUT2D eigenvalue weighted by Crippen LogP contribution is -2.30. The molecule has 6 nitrogen and oxygen atoms in total. The summed E-state index contributed by atoms with van der Waals surface area (Å²) < 4.78 is 16.7. The van der Waals surface area contributed by atoms with E-state index in [4.69, 9.17) is 14.2 Å². The Kier molecular flexibility index (Phi) is 46.0. The van der Waals surface area contributed by atoms with Gasteiger partial charge in [0.2, 0.25) is 0 Å². The average Bonchev–Trinajstić information content (AvgIpc) is 3.26. The third kappa shape index (κ3) is 47.2. The molecule has 1 unspecified atom stereocenters. The summed E-state index contributed by atoms with van der Waals surface area (Å²) in [7, 11) is 0. The Balaban J connectivity index is 4.50. The second kappa shape index (κ2) is 49.0. The van der Waals surface area contributed by atoms with E-state index >= 15 is 0 Å². The van der Waals surface area contributed by atoms with Crippen LogP contribution in [0.5, 0.6) is 0 Å². The standard InChI is InChI=1S/C55H90O6/c1-4-7-10-13-16-19-22-25-26-27-28-29-30-31-34-36-39-42-45-48-54(57)60-51-52(61-55(58)49-46-43-40-37-33-24-21-18-15-12-9-6-3)50-59-53(56)47-44-41-38-35-32-23-20-17-14-11-8-5-2/h7,9-10,12,16,18-19,21,25-26,28-29,31,34,39,42,52H,4-6,8,11,13-15,17,20,22-24,27,30,32-33,35-38,40-41,43-51H2,1-3H3/b10-7-,12-9-,19-16-,21-18-,26-25-,29-28-,34-31-,42-39-. The van der Waals surface area contributed by atoms with Crippen LogP contribution in [-0.2, 0) is 28.6 Å². The van der Waals surface area contributed by atoms with E-state index in [1.165, 1.54) is 57.8 Å². The highest BCUT2D eigenvalue weighted by molar-refractivity contribution is 5.71. The van der Waals surface area contributed by atoms with Crippen LogP contribution in [-0.4, -0.2) is 37.2 Å². The minimum atomic E-state index is -0.813. The lowest BCUT2D eigenvalue weighted by atomic mass is 10.0. The molecule has 0 aliphatic heterocycles. The van der Waals surface area contributed by atoms with Gasteiger partial charge in [0.1, 0.15) is 13.2 Å². The first-order chi connectivity index (χ1) is 30.0. The van der Waals surface area contributed by atoms with Crippen molar-refractivity contribution in [1.82, 2.24) is 0 Å². The number of hydrogen-bond donors (Lipinski definition) is 0. The van der Waals surface area contributed by atoms with E-state index in [2.05, 4.69) is 106 Å². The van der Waals surface area contributed by atoms with Crippen LogP contribution in [0.3, 0.4) is 0 Å². The van der Waals surface area contributed by atoms with Crippen molar-refractivity contribution in [3.05, 3.63) is 97.2 Å². The highest BCUT2D eigenvalue weighted by Crippen LogP contribution is 2.14. The van der Waals surface area contributed by atoms with Gasteiger partial charge in [0.05, 0.1) is 0 Å². The number of carbonyl (C=O) groups excluding carboxylic acids is 3. The minimum absolute atomic E-state index is 0.106. The van der Waals surface area contributed by atoms with E-state index in [0.717, 1.165) is 109 Å². The molecule has 0 amide bonds. The summed E-state index contributed by atoms with van der Waals surface area (Å²) in [5.74, 6) is -1.01. The first-order valence-corrected chi connectivity index (χ1v) is 24.7. The second-order valence-electron chi connectivity index (χ2n) is 16.0. The van der Waals surface area contributed by atoms with Crippen molar-refractivity contribution >= 4 is 17.9 Å². The molecule has 0 bridgehead atoms. The molecule has 0 N–H and O–H groups in total. The predicted molar refractivity (Wildman–Crippen MR) is 260 cm³/mol. The molecule has 0 aromatic carbocycles. The Morgan fingerprint density at radius 3 is 1.10 bits per heavy atom. The van der Waals surface area contributed by atoms with Crippen molar-refractivity contribution in [3.63, 3.8) is 0 Å². The molecule has 0 saturated carbocycles. The first-order valence-electron chi connectivity index (χ1n) is 24.7. The molecule has 0 aromatic heterocycles. The molecule has 0 heterocycles. The average molecular weight is 847 g/mol. The Labute approximate surface area is 375 Å². The smallest absolute Gasteiger partial charge is 0.306 e. The van der Waals surface area contributed by atoms with Gasteiger partial charge in [0, 0.05) is 19.3 Å². The summed E-state index contributed by atoms with van der Waals surface area (Å²) in [4.78, 5) is 37.8. The zero-order valence-corrected chi connectivity index (χ0v) is 39.4. The van der Waals surface area contributed by atoms with Crippen LogP contribution in [0.15, 0.2) is 97.2 Å². The van der Waals surface area contributed by atoms with Crippen molar-refractivity contribution in [2.45, 2.75) is 219 Å². The number of esters is 3. The monoisotopic (exact) mass is 847 g/mol. The normalized spacial score (nSPS) is 12.9. The van der Waals surface area contributed by atoms with Crippen LogP contribution < -0.4 is 0 Å². The fraction of sp³-hybridized carbons (Fsp3) is 0.655. The van der Waals surface area contributed by atoms with Crippen molar-refractivity contribution in [2.75, 3.05) is 13.2 Å². The number of allylic oxidation sites excluding steroid dienone is 16. The third-order valence-electron chi connectivity index (χ3n) is 10.1. The molecule has 0 aliphatic carbocycles. The molecule has 61 heavy (non-hydrogen) atoms. The number of unbranched alkanes of at least 4 members (excludes halogenated alkanes) is 16. The van der Waals surface area contributed by atoms with Gasteiger partial charge < -0.3 is 14.2 Å². The van der Waals surface area contributed by atoms with Gasteiger partial charge in [-0.15, -0.1) is 0 Å². The van der Waals surface area contributed by atoms with Crippen LogP contribution in [0.2, 0.25) is 0 Å². The quantitative estimate of drug-likeness (QED) is 0.0263. The molecule has 0 saturated heterocycles. The Morgan fingerprint density at radius 2 is 0.672 bits per heavy atom. The zero-order valence-electron chi connectivity index (χ0n) is 39.4. The lowest BCUT2D eigenvalue weighted by molar-refractivity contribution is -0.166. The van der Waals surface area contributed by atoms with Gasteiger partial charge in [-0.05, 0) is 83.5 Å². The largest absolute Gasteiger partial charge is 0.462 e. The van der Waals surface area contributed by atoms with E-state index in [0.29, 0.717) is 19.3 Å². The third-order valence-corrected chi connectivity index (χ3v) is 10.1. The first kappa shape index (κ1) is 57.3. The van der Waals surface area contributed by atoms with Crippen LogP contribution in [0, 0.1) is 0 Å². The summed E-state index contributed by atoms with van der Waals surface area (Å²) in [6.07, 6.45) is 64.0.